The molecule has 6 aromatic heterocycles. The van der Waals surface area contributed by atoms with Crippen LogP contribution in [0.2, 0.25) is 0 Å². The van der Waals surface area contributed by atoms with Crippen molar-refractivity contribution in [2.24, 2.45) is 10.2 Å². The van der Waals surface area contributed by atoms with Crippen LogP contribution in [0.3, 0.4) is 0 Å². The number of pyridine rings is 5. The molecule has 0 unspecified atom stereocenters. The molecule has 0 amide bonds. The zero-order chi connectivity index (χ0) is 81.7. The molecule has 0 spiro atoms. The standard InChI is InChI=1S/2C20H15N3.3C15H10N.C13H8NS.C11H8N.4Ir/c2*1-4-10-17(11-5-1)20-21-23(19-14-8-3-9-15-19)16-22(20)18-12-6-2-7-13-18;2*1-2-7-13(8-3-1)15-14-9-5-4-6-12(14)10-11-16-15;1-2-6-12(7-3-1)15-11-10-13-8-4-5-9-14(13)16-15;1-2-5-11-10(4-1)7-8-14-13(11)12-6-3-9-15-12;1-2-6-10(7-3-1)11-8-4-5-9-12-11;;;;/h2*1-14,16H;2*1-7,9-11H;1-6,8-11H;1-5,7-9H;1-6,8-9H;;;;/q2*-2;5*-1;;;2*+3. The zero-order valence-corrected chi connectivity index (χ0v) is 77.4. The topological polar surface area (TPSA) is 102 Å². The van der Waals surface area contributed by atoms with Crippen LogP contribution in [0.15, 0.2) is 459 Å². The first-order valence-electron chi connectivity index (χ1n) is 39.4. The fourth-order valence-electron chi connectivity index (χ4n) is 13.4. The van der Waals surface area contributed by atoms with Gasteiger partial charge in [0, 0.05) is 87.5 Å². The van der Waals surface area contributed by atoms with Crippen molar-refractivity contribution < 1.29 is 80.4 Å². The molecular formula is C109H76Ir4N11S-3. The molecule has 2 radical (unpaired) electrons. The maximum Gasteiger partial charge on any atom is 3.00 e. The van der Waals surface area contributed by atoms with Gasteiger partial charge in [-0.25, -0.2) is 11.3 Å². The van der Waals surface area contributed by atoms with Gasteiger partial charge < -0.3 is 39.8 Å². The van der Waals surface area contributed by atoms with Gasteiger partial charge in [-0.1, -0.05) is 229 Å². The Kier molecular flexibility index (Phi) is 34.5. The number of nitrogens with zero attached hydrogens (tertiary/aromatic N) is 11. The number of amidine groups is 2. The van der Waals surface area contributed by atoms with E-state index in [2.05, 4.69) is 174 Å². The maximum absolute atomic E-state index is 4.78. The molecule has 125 heavy (non-hydrogen) atoms. The monoisotopic (exact) mass is 2340 g/mol. The molecular weight excluding hydrogens is 2260 g/mol. The van der Waals surface area contributed by atoms with E-state index in [0.717, 1.165) is 107 Å². The number of para-hydroxylation sites is 5. The summed E-state index contributed by atoms with van der Waals surface area (Å²) in [6, 6.07) is 162. The van der Waals surface area contributed by atoms with Gasteiger partial charge in [-0.3, -0.25) is 4.98 Å². The van der Waals surface area contributed by atoms with Crippen LogP contribution in [0.1, 0.15) is 11.1 Å². The Bertz CT molecular complexity index is 6340. The third-order valence-corrected chi connectivity index (χ3v) is 20.0. The molecule has 0 atom stereocenters. The van der Waals surface area contributed by atoms with E-state index in [1.54, 1.807) is 17.5 Å². The summed E-state index contributed by atoms with van der Waals surface area (Å²) in [4.78, 5) is 27.4. The molecule has 16 heteroatoms. The van der Waals surface area contributed by atoms with Gasteiger partial charge in [-0.05, 0) is 121 Å². The van der Waals surface area contributed by atoms with E-state index in [4.69, 9.17) is 10.2 Å². The molecule has 612 valence electrons. The molecule has 2 aliphatic rings. The zero-order valence-electron chi connectivity index (χ0n) is 67.0. The van der Waals surface area contributed by atoms with Crippen LogP contribution in [0, 0.1) is 55.8 Å². The number of fused-ring (bicyclic) bond motifs is 4. The van der Waals surface area contributed by atoms with Crippen molar-refractivity contribution >= 4 is 89.0 Å². The van der Waals surface area contributed by atoms with Crippen LogP contribution >= 0.6 is 11.3 Å². The third-order valence-electron chi connectivity index (χ3n) is 19.2. The molecule has 2 aliphatic heterocycles. The minimum absolute atomic E-state index is 0. The summed E-state index contributed by atoms with van der Waals surface area (Å²) in [5, 5.41) is 23.7. The Labute approximate surface area is 788 Å². The Morgan fingerprint density at radius 3 is 1.04 bits per heavy atom. The first kappa shape index (κ1) is 90.9. The summed E-state index contributed by atoms with van der Waals surface area (Å²) in [6.45, 7) is 3.98. The second-order valence-electron chi connectivity index (χ2n) is 27.2. The van der Waals surface area contributed by atoms with Crippen molar-refractivity contribution in [1.29, 1.82) is 0 Å². The van der Waals surface area contributed by atoms with E-state index >= 15 is 0 Å². The van der Waals surface area contributed by atoms with Crippen LogP contribution in [0.25, 0.3) is 98.8 Å². The van der Waals surface area contributed by atoms with Gasteiger partial charge in [-0.2, -0.15) is 70.9 Å². The van der Waals surface area contributed by atoms with Gasteiger partial charge in [0.2, 0.25) is 0 Å². The van der Waals surface area contributed by atoms with Gasteiger partial charge >= 0.3 is 40.2 Å². The number of anilines is 4. The number of aromatic nitrogens is 5. The van der Waals surface area contributed by atoms with Crippen molar-refractivity contribution in [1.82, 2.24) is 24.9 Å². The third kappa shape index (κ3) is 24.2. The number of hydrogen-bond donors (Lipinski definition) is 0. The summed E-state index contributed by atoms with van der Waals surface area (Å²) in [7, 11) is 0. The minimum Gasteiger partial charge on any atom is -0.456 e. The van der Waals surface area contributed by atoms with Crippen LogP contribution in [-0.2, 0) is 80.4 Å². The number of thiophene rings is 1. The van der Waals surface area contributed by atoms with Crippen LogP contribution < -0.4 is 19.8 Å². The van der Waals surface area contributed by atoms with E-state index in [-0.39, 0.29) is 80.4 Å². The smallest absolute Gasteiger partial charge is 0.456 e. The Morgan fingerprint density at radius 1 is 0.264 bits per heavy atom. The number of hydrazone groups is 2. The van der Waals surface area contributed by atoms with E-state index < -0.39 is 0 Å². The summed E-state index contributed by atoms with van der Waals surface area (Å²) < 4.78 is 0. The molecule has 22 rings (SSSR count). The van der Waals surface area contributed by atoms with Crippen LogP contribution in [-0.4, -0.2) is 36.6 Å². The predicted octanol–water partition coefficient (Wildman–Crippen LogP) is 26.0. The van der Waals surface area contributed by atoms with Crippen molar-refractivity contribution in [3.8, 4) is 55.6 Å². The average molecular weight is 2340 g/mol. The van der Waals surface area contributed by atoms with E-state index in [0.29, 0.717) is 0 Å². The first-order chi connectivity index (χ1) is 60.1. The fourth-order valence-corrected chi connectivity index (χ4v) is 14.0. The SMILES string of the molecule is [Ir+3].[Ir+3].[Ir].[Ir].[c-]1ccccc1-c1ccc2ccccc2n1.[c-]1ccccc1-c1ccccn1.[c-]1ccccc1-c1nccc2ccccc12.[c-]1ccccc1-c1nccc2ccccc12.[c-]1ccccc1N1[CH-]N(c2ccccc2)C(c2ccccc2)=N1.[c-]1ccccc1N1[CH-]N(c2ccccc2)C(c2ccccc2)=N1.[c-]1ccsc1-c1nccc2ccccc12. The summed E-state index contributed by atoms with van der Waals surface area (Å²) in [6.07, 6.45) is 7.33. The second-order valence-corrected chi connectivity index (χ2v) is 28.1. The summed E-state index contributed by atoms with van der Waals surface area (Å²) in [5.41, 5.74) is 16.3. The maximum atomic E-state index is 4.78. The van der Waals surface area contributed by atoms with E-state index in [1.807, 2.05) is 369 Å². The van der Waals surface area contributed by atoms with Gasteiger partial charge in [-0.15, -0.1) is 174 Å². The van der Waals surface area contributed by atoms with Crippen molar-refractivity contribution in [2.45, 2.75) is 0 Å². The van der Waals surface area contributed by atoms with Crippen molar-refractivity contribution in [2.75, 3.05) is 19.8 Å². The van der Waals surface area contributed by atoms with Crippen LogP contribution in [0.4, 0.5) is 22.7 Å². The number of rotatable bonds is 11. The molecule has 0 N–H and O–H groups in total. The Morgan fingerprint density at radius 2 is 0.632 bits per heavy atom. The number of hydrogen-bond acceptors (Lipinski definition) is 12. The Hall–Kier alpha value is -13.3. The normalized spacial score (nSPS) is 11.4. The van der Waals surface area contributed by atoms with Crippen molar-refractivity contribution in [3.05, 3.63) is 516 Å². The molecule has 0 bridgehead atoms. The van der Waals surface area contributed by atoms with Crippen LogP contribution in [0.5, 0.6) is 0 Å². The molecule has 11 nitrogen and oxygen atoms in total. The van der Waals surface area contributed by atoms with Crippen molar-refractivity contribution in [3.63, 3.8) is 0 Å². The molecule has 0 aliphatic carbocycles. The fraction of sp³-hybridized carbons (Fsp3) is 0. The molecule has 14 aromatic carbocycles. The average Bonchev–Trinajstić information content (AvgIpc) is 1.65. The number of benzene rings is 14. The first-order valence-corrected chi connectivity index (χ1v) is 40.3. The van der Waals surface area contributed by atoms with E-state index in [1.165, 1.54) is 37.7 Å². The second kappa shape index (κ2) is 47.4. The predicted molar refractivity (Wildman–Crippen MR) is 498 cm³/mol. The molecule has 0 saturated carbocycles. The Balaban J connectivity index is 0.000000133. The summed E-state index contributed by atoms with van der Waals surface area (Å²) in [5.74, 6) is 1.79. The molecule has 0 saturated heterocycles. The van der Waals surface area contributed by atoms with Gasteiger partial charge in [0.05, 0.1) is 5.52 Å². The van der Waals surface area contributed by atoms with E-state index in [9.17, 15) is 0 Å². The minimum atomic E-state index is 0. The largest absolute Gasteiger partial charge is 3.00 e. The molecule has 8 heterocycles. The van der Waals surface area contributed by atoms with Gasteiger partial charge in [0.25, 0.3) is 0 Å². The molecule has 0 fully saturated rings. The summed E-state index contributed by atoms with van der Waals surface area (Å²) >= 11 is 1.67. The van der Waals surface area contributed by atoms with Gasteiger partial charge in [0.1, 0.15) is 11.7 Å². The quantitative estimate of drug-likeness (QED) is 0.117. The molecule has 20 aromatic rings. The van der Waals surface area contributed by atoms with Gasteiger partial charge in [0.15, 0.2) is 0 Å².